The summed E-state index contributed by atoms with van der Waals surface area (Å²) in [5, 5.41) is 3.03. The third-order valence-corrected chi connectivity index (χ3v) is 6.58. The first-order valence-electron chi connectivity index (χ1n) is 10.6. The van der Waals surface area contributed by atoms with Crippen LogP contribution >= 0.6 is 11.6 Å². The van der Waals surface area contributed by atoms with Crippen LogP contribution in [0.1, 0.15) is 10.4 Å². The average Bonchev–Trinajstić information content (AvgIpc) is 3.19. The highest BCUT2D eigenvalue weighted by Gasteiger charge is 2.26. The van der Waals surface area contributed by atoms with Gasteiger partial charge in [0, 0.05) is 23.0 Å². The molecule has 0 aliphatic heterocycles. The lowest BCUT2D eigenvalue weighted by Crippen LogP contribution is -2.03. The van der Waals surface area contributed by atoms with Gasteiger partial charge < -0.3 is 4.74 Å². The first kappa shape index (κ1) is 19.7. The third kappa shape index (κ3) is 3.05. The highest BCUT2D eigenvalue weighted by molar-refractivity contribution is 6.36. The van der Waals surface area contributed by atoms with Gasteiger partial charge in [-0.25, -0.2) is 4.79 Å². The minimum atomic E-state index is -0.368. The van der Waals surface area contributed by atoms with Crippen molar-refractivity contribution in [2.45, 2.75) is 0 Å². The lowest BCUT2D eigenvalue weighted by molar-refractivity contribution is 0.0601. The van der Waals surface area contributed by atoms with E-state index in [1.54, 1.807) is 6.07 Å². The zero-order valence-electron chi connectivity index (χ0n) is 17.8. The summed E-state index contributed by atoms with van der Waals surface area (Å²) < 4.78 is 5.01. The van der Waals surface area contributed by atoms with Crippen LogP contribution in [0.25, 0.3) is 55.3 Å². The number of fused-ring (bicyclic) bond motifs is 3. The highest BCUT2D eigenvalue weighted by Crippen LogP contribution is 2.52. The molecule has 0 spiro atoms. The van der Waals surface area contributed by atoms with Gasteiger partial charge in [0.15, 0.2) is 0 Å². The standard InChI is InChI=1S/C29H18ClNO2/c1-33-29(32)22-7-3-2-6-21(22)20-15-25-24-14-19(17-9-11-31-12-10-17)13-18-5-4-8-23(27(18)24)28(25)26(30)16-20/h2-16H,1H3. The number of ether oxygens (including phenoxy) is 1. The number of hydrogen-bond acceptors (Lipinski definition) is 3. The molecule has 5 aromatic rings. The molecule has 3 nitrogen and oxygen atoms in total. The summed E-state index contributed by atoms with van der Waals surface area (Å²) in [7, 11) is 1.40. The molecule has 0 saturated heterocycles. The molecule has 0 N–H and O–H groups in total. The van der Waals surface area contributed by atoms with Gasteiger partial charge in [-0.05, 0) is 92.2 Å². The number of benzene rings is 4. The van der Waals surface area contributed by atoms with Gasteiger partial charge in [-0.3, -0.25) is 4.98 Å². The van der Waals surface area contributed by atoms with Gasteiger partial charge in [0.1, 0.15) is 0 Å². The zero-order chi connectivity index (χ0) is 22.5. The third-order valence-electron chi connectivity index (χ3n) is 6.28. The van der Waals surface area contributed by atoms with Crippen molar-refractivity contribution in [2.24, 2.45) is 0 Å². The minimum absolute atomic E-state index is 0.368. The second kappa shape index (κ2) is 7.58. The first-order valence-corrected chi connectivity index (χ1v) is 11.0. The van der Waals surface area contributed by atoms with Gasteiger partial charge >= 0.3 is 5.97 Å². The van der Waals surface area contributed by atoms with E-state index in [4.69, 9.17) is 16.3 Å². The highest BCUT2D eigenvalue weighted by atomic mass is 35.5. The molecule has 0 atom stereocenters. The summed E-state index contributed by atoms with van der Waals surface area (Å²) in [4.78, 5) is 16.6. The van der Waals surface area contributed by atoms with E-state index in [2.05, 4.69) is 41.4 Å². The molecule has 0 bridgehead atoms. The lowest BCUT2D eigenvalue weighted by Gasteiger charge is -2.12. The Morgan fingerprint density at radius 1 is 0.758 bits per heavy atom. The predicted octanol–water partition coefficient (Wildman–Crippen LogP) is 7.66. The number of aromatic nitrogens is 1. The Bertz CT molecular complexity index is 1570. The first-order chi connectivity index (χ1) is 16.2. The van der Waals surface area contributed by atoms with Crippen molar-refractivity contribution in [2.75, 3.05) is 7.11 Å². The maximum atomic E-state index is 12.4. The van der Waals surface area contributed by atoms with E-state index < -0.39 is 0 Å². The van der Waals surface area contributed by atoms with Crippen molar-refractivity contribution >= 4 is 28.3 Å². The minimum Gasteiger partial charge on any atom is -0.465 e. The topological polar surface area (TPSA) is 39.2 Å². The summed E-state index contributed by atoms with van der Waals surface area (Å²) in [6.45, 7) is 0. The Morgan fingerprint density at radius 2 is 1.52 bits per heavy atom. The molecular weight excluding hydrogens is 430 g/mol. The Balaban J connectivity index is 1.63. The average molecular weight is 448 g/mol. The molecule has 33 heavy (non-hydrogen) atoms. The summed E-state index contributed by atoms with van der Waals surface area (Å²) in [5.41, 5.74) is 8.81. The molecule has 4 aromatic carbocycles. The summed E-state index contributed by atoms with van der Waals surface area (Å²) in [5.74, 6) is -0.368. The molecule has 1 aromatic heterocycles. The van der Waals surface area contributed by atoms with Crippen LogP contribution in [0.4, 0.5) is 0 Å². The van der Waals surface area contributed by atoms with Crippen molar-refractivity contribution in [3.8, 4) is 44.5 Å². The van der Waals surface area contributed by atoms with Crippen LogP contribution < -0.4 is 0 Å². The summed E-state index contributed by atoms with van der Waals surface area (Å²) >= 11 is 6.90. The van der Waals surface area contributed by atoms with E-state index in [9.17, 15) is 4.79 Å². The van der Waals surface area contributed by atoms with Crippen LogP contribution in [0.2, 0.25) is 5.02 Å². The SMILES string of the molecule is COC(=O)c1ccccc1-c1cc(Cl)c2c(c1)-c1cc(-c3ccncc3)cc3cccc-2c13. The van der Waals surface area contributed by atoms with Crippen LogP contribution in [-0.2, 0) is 4.74 Å². The van der Waals surface area contributed by atoms with Crippen molar-refractivity contribution in [1.29, 1.82) is 0 Å². The number of pyridine rings is 1. The Hall–Kier alpha value is -3.95. The second-order valence-corrected chi connectivity index (χ2v) is 8.49. The fourth-order valence-electron chi connectivity index (χ4n) is 4.83. The number of halogens is 1. The molecule has 6 rings (SSSR count). The van der Waals surface area contributed by atoms with E-state index in [-0.39, 0.29) is 5.97 Å². The Kier molecular flexibility index (Phi) is 4.53. The van der Waals surface area contributed by atoms with E-state index >= 15 is 0 Å². The Labute approximate surface area is 196 Å². The number of carbonyl (C=O) groups is 1. The molecule has 0 unspecified atom stereocenters. The van der Waals surface area contributed by atoms with Gasteiger partial charge in [-0.1, -0.05) is 48.0 Å². The van der Waals surface area contributed by atoms with Crippen molar-refractivity contribution in [3.05, 3.63) is 102 Å². The van der Waals surface area contributed by atoms with Crippen LogP contribution in [-0.4, -0.2) is 18.1 Å². The predicted molar refractivity (Wildman–Crippen MR) is 133 cm³/mol. The van der Waals surface area contributed by atoms with Crippen LogP contribution in [0.15, 0.2) is 91.3 Å². The van der Waals surface area contributed by atoms with Crippen LogP contribution in [0.3, 0.4) is 0 Å². The molecular formula is C29H18ClNO2. The molecule has 0 fully saturated rings. The summed E-state index contributed by atoms with van der Waals surface area (Å²) in [6, 6.07) is 26.3. The van der Waals surface area contributed by atoms with E-state index in [0.29, 0.717) is 10.6 Å². The number of methoxy groups -OCH3 is 1. The van der Waals surface area contributed by atoms with Gasteiger partial charge in [0.05, 0.1) is 12.7 Å². The van der Waals surface area contributed by atoms with Crippen LogP contribution in [0, 0.1) is 0 Å². The molecule has 0 amide bonds. The monoisotopic (exact) mass is 447 g/mol. The molecule has 0 saturated carbocycles. The molecule has 1 heterocycles. The van der Waals surface area contributed by atoms with E-state index in [1.807, 2.05) is 48.8 Å². The maximum Gasteiger partial charge on any atom is 0.338 e. The van der Waals surface area contributed by atoms with Crippen LogP contribution in [0.5, 0.6) is 0 Å². The molecule has 158 valence electrons. The Morgan fingerprint density at radius 3 is 2.33 bits per heavy atom. The van der Waals surface area contributed by atoms with Gasteiger partial charge in [0.25, 0.3) is 0 Å². The normalized spacial score (nSPS) is 11.5. The fraction of sp³-hybridized carbons (Fsp3) is 0.0345. The number of esters is 1. The number of carbonyl (C=O) groups excluding carboxylic acids is 1. The van der Waals surface area contributed by atoms with Gasteiger partial charge in [-0.15, -0.1) is 0 Å². The molecule has 1 aliphatic carbocycles. The summed E-state index contributed by atoms with van der Waals surface area (Å²) in [6.07, 6.45) is 3.61. The number of hydrogen-bond donors (Lipinski definition) is 0. The van der Waals surface area contributed by atoms with Crippen molar-refractivity contribution in [3.63, 3.8) is 0 Å². The van der Waals surface area contributed by atoms with Crippen molar-refractivity contribution in [1.82, 2.24) is 4.98 Å². The lowest BCUT2D eigenvalue weighted by atomic mass is 9.93. The largest absolute Gasteiger partial charge is 0.465 e. The number of rotatable bonds is 3. The van der Waals surface area contributed by atoms with Gasteiger partial charge in [0.2, 0.25) is 0 Å². The van der Waals surface area contributed by atoms with E-state index in [1.165, 1.54) is 17.9 Å². The van der Waals surface area contributed by atoms with Gasteiger partial charge in [-0.2, -0.15) is 0 Å². The fourth-order valence-corrected chi connectivity index (χ4v) is 5.15. The number of nitrogens with zero attached hydrogens (tertiary/aromatic N) is 1. The van der Waals surface area contributed by atoms with E-state index in [0.717, 1.165) is 44.5 Å². The smallest absolute Gasteiger partial charge is 0.338 e. The quantitative estimate of drug-likeness (QED) is 0.261. The maximum absolute atomic E-state index is 12.4. The second-order valence-electron chi connectivity index (χ2n) is 8.08. The zero-order valence-corrected chi connectivity index (χ0v) is 18.6. The molecule has 0 radical (unpaired) electrons. The molecule has 4 heteroatoms. The molecule has 1 aliphatic rings. The van der Waals surface area contributed by atoms with Crippen molar-refractivity contribution < 1.29 is 9.53 Å².